The number of ether oxygens (including phenoxy) is 1. The average molecular weight is 597 g/mol. The van der Waals surface area contributed by atoms with E-state index in [1.165, 1.54) is 11.1 Å². The molecule has 0 radical (unpaired) electrons. The van der Waals surface area contributed by atoms with Crippen molar-refractivity contribution in [1.29, 1.82) is 0 Å². The topological polar surface area (TPSA) is 78.9 Å². The Hall–Kier alpha value is -2.35. The number of allylic oxidation sites excluding steroid dienone is 1. The van der Waals surface area contributed by atoms with Crippen molar-refractivity contribution in [2.24, 2.45) is 17.8 Å². The summed E-state index contributed by atoms with van der Waals surface area (Å²) in [6.07, 6.45) is 10.0. The van der Waals surface area contributed by atoms with Crippen molar-refractivity contribution in [3.8, 4) is 5.75 Å². The molecule has 2 aliphatic carbocycles. The zero-order valence-corrected chi connectivity index (χ0v) is 25.6. The SMILES string of the molecule is CC(C)[C@@H]1C/C=C/C[C@H](O)[C@@H]2CC[C@H]2CN2C[C@@]3(CCCc4cc(Cl)ccc43)COc3ccc(cc32)C(=O)NS1=O. The Morgan fingerprint density at radius 1 is 1.15 bits per heavy atom. The first-order valence-corrected chi connectivity index (χ1v) is 16.7. The quantitative estimate of drug-likeness (QED) is 0.397. The van der Waals surface area contributed by atoms with Gasteiger partial charge in [0.1, 0.15) is 16.7 Å². The van der Waals surface area contributed by atoms with E-state index >= 15 is 0 Å². The van der Waals surface area contributed by atoms with E-state index in [9.17, 15) is 14.1 Å². The first-order valence-electron chi connectivity index (χ1n) is 15.1. The highest BCUT2D eigenvalue weighted by molar-refractivity contribution is 7.84. The summed E-state index contributed by atoms with van der Waals surface area (Å²) in [6, 6.07) is 11.8. The summed E-state index contributed by atoms with van der Waals surface area (Å²) in [6.45, 7) is 6.16. The van der Waals surface area contributed by atoms with Crippen LogP contribution in [0.25, 0.3) is 0 Å². The lowest BCUT2D eigenvalue weighted by Crippen LogP contribution is -2.49. The lowest BCUT2D eigenvalue weighted by Gasteiger charge is -2.45. The van der Waals surface area contributed by atoms with Crippen molar-refractivity contribution in [2.45, 2.75) is 75.6 Å². The highest BCUT2D eigenvalue weighted by atomic mass is 35.5. The molecule has 220 valence electrons. The highest BCUT2D eigenvalue weighted by Crippen LogP contribution is 2.46. The number of amides is 1. The van der Waals surface area contributed by atoms with Crippen LogP contribution in [-0.2, 0) is 22.8 Å². The van der Waals surface area contributed by atoms with Gasteiger partial charge in [0.05, 0.1) is 23.6 Å². The number of nitrogens with zero attached hydrogens (tertiary/aromatic N) is 1. The minimum Gasteiger partial charge on any atom is -0.490 e. The second kappa shape index (κ2) is 11.7. The molecule has 2 aromatic rings. The zero-order valence-electron chi connectivity index (χ0n) is 24.0. The summed E-state index contributed by atoms with van der Waals surface area (Å²) in [5, 5.41) is 11.7. The van der Waals surface area contributed by atoms with E-state index in [-0.39, 0.29) is 28.4 Å². The van der Waals surface area contributed by atoms with E-state index in [2.05, 4.69) is 21.8 Å². The van der Waals surface area contributed by atoms with Gasteiger partial charge in [-0.2, -0.15) is 0 Å². The van der Waals surface area contributed by atoms with Crippen LogP contribution in [0.1, 0.15) is 73.9 Å². The fraction of sp³-hybridized carbons (Fsp3) is 0.545. The number of aliphatic hydroxyl groups excluding tert-OH is 1. The van der Waals surface area contributed by atoms with Crippen LogP contribution >= 0.6 is 11.6 Å². The minimum absolute atomic E-state index is 0.126. The molecule has 1 fully saturated rings. The number of hydrogen-bond acceptors (Lipinski definition) is 5. The standard InChI is InChI=1S/C33H41ClN2O4S/c1-21(2)31-8-4-3-7-29(37)26-12-9-24(26)18-36-19-33(15-5-6-22-16-25(34)11-13-27(22)33)20-40-30-14-10-23(17-28(30)36)32(38)35-41(31)39/h3-4,10-11,13-14,16-17,21,24,26,29,31,37H,5-9,12,15,18-20H2,1-2H3,(H,35,38)/b4-3+/t24-,26+,29-,31-,33-,41?/m0/s1. The maximum absolute atomic E-state index is 13.4. The van der Waals surface area contributed by atoms with Crippen molar-refractivity contribution in [3.05, 3.63) is 70.3 Å². The summed E-state index contributed by atoms with van der Waals surface area (Å²) < 4.78 is 22.6. The lowest BCUT2D eigenvalue weighted by molar-refractivity contribution is 0.0177. The molecule has 2 N–H and O–H groups in total. The smallest absolute Gasteiger partial charge is 0.263 e. The Morgan fingerprint density at radius 3 is 2.76 bits per heavy atom. The fourth-order valence-corrected chi connectivity index (χ4v) is 8.77. The number of carbonyl (C=O) groups is 1. The Labute approximate surface area is 251 Å². The summed E-state index contributed by atoms with van der Waals surface area (Å²) >= 11 is 6.40. The minimum atomic E-state index is -1.54. The Balaban J connectivity index is 1.40. The molecule has 6 rings (SSSR count). The first kappa shape index (κ1) is 28.8. The van der Waals surface area contributed by atoms with Crippen molar-refractivity contribution >= 4 is 34.2 Å². The molecule has 4 aliphatic rings. The van der Waals surface area contributed by atoms with Crippen LogP contribution in [0.5, 0.6) is 5.75 Å². The summed E-state index contributed by atoms with van der Waals surface area (Å²) in [5.74, 6) is 1.15. The third-order valence-corrected chi connectivity index (χ3v) is 11.8. The molecule has 6 nitrogen and oxygen atoms in total. The molecule has 1 amide bonds. The van der Waals surface area contributed by atoms with Crippen LogP contribution in [0.4, 0.5) is 5.69 Å². The normalized spacial score (nSPS) is 32.7. The van der Waals surface area contributed by atoms with Gasteiger partial charge in [-0.05, 0) is 104 Å². The van der Waals surface area contributed by atoms with Crippen molar-refractivity contribution in [3.63, 3.8) is 0 Å². The number of fused-ring (bicyclic) bond motifs is 4. The maximum atomic E-state index is 13.4. The van der Waals surface area contributed by atoms with Gasteiger partial charge in [0.15, 0.2) is 0 Å². The number of halogens is 1. The molecule has 2 aliphatic heterocycles. The van der Waals surface area contributed by atoms with Crippen LogP contribution in [0.2, 0.25) is 5.02 Å². The lowest BCUT2D eigenvalue weighted by atomic mass is 9.68. The molecular formula is C33H41ClN2O4S. The molecule has 2 aromatic carbocycles. The number of rotatable bonds is 1. The second-order valence-electron chi connectivity index (χ2n) is 12.8. The number of aryl methyl sites for hydroxylation is 1. The van der Waals surface area contributed by atoms with E-state index in [1.807, 2.05) is 44.2 Å². The molecule has 1 saturated carbocycles. The van der Waals surface area contributed by atoms with Crippen molar-refractivity contribution in [1.82, 2.24) is 4.72 Å². The third kappa shape index (κ3) is 5.70. The van der Waals surface area contributed by atoms with Crippen molar-refractivity contribution < 1.29 is 18.8 Å². The van der Waals surface area contributed by atoms with Gasteiger partial charge in [0.25, 0.3) is 5.91 Å². The monoisotopic (exact) mass is 596 g/mol. The molecule has 1 unspecified atom stereocenters. The van der Waals surface area contributed by atoms with E-state index in [0.29, 0.717) is 30.9 Å². The van der Waals surface area contributed by atoms with Gasteiger partial charge in [0.2, 0.25) is 0 Å². The molecule has 0 saturated heterocycles. The number of hydrogen-bond donors (Lipinski definition) is 2. The van der Waals surface area contributed by atoms with Gasteiger partial charge in [-0.1, -0.05) is 43.7 Å². The molecule has 8 heteroatoms. The largest absolute Gasteiger partial charge is 0.490 e. The van der Waals surface area contributed by atoms with Crippen LogP contribution in [-0.4, -0.2) is 46.3 Å². The van der Waals surface area contributed by atoms with Gasteiger partial charge >= 0.3 is 0 Å². The molecule has 1 spiro atoms. The third-order valence-electron chi connectivity index (χ3n) is 9.85. The number of anilines is 1. The van der Waals surface area contributed by atoms with Crippen LogP contribution < -0.4 is 14.4 Å². The number of nitrogens with one attached hydrogen (secondary N) is 1. The van der Waals surface area contributed by atoms with Gasteiger partial charge in [-0.15, -0.1) is 0 Å². The first-order chi connectivity index (χ1) is 19.7. The highest BCUT2D eigenvalue weighted by Gasteiger charge is 2.44. The summed E-state index contributed by atoms with van der Waals surface area (Å²) in [5.41, 5.74) is 3.77. The average Bonchev–Trinajstić information content (AvgIpc) is 3.07. The molecule has 2 bridgehead atoms. The Bertz CT molecular complexity index is 1360. The van der Waals surface area contributed by atoms with Gasteiger partial charge in [-0.3, -0.25) is 9.52 Å². The van der Waals surface area contributed by atoms with E-state index in [0.717, 1.165) is 61.7 Å². The van der Waals surface area contributed by atoms with E-state index < -0.39 is 17.1 Å². The predicted octanol–water partition coefficient (Wildman–Crippen LogP) is 5.97. The van der Waals surface area contributed by atoms with Gasteiger partial charge in [-0.25, -0.2) is 4.21 Å². The molecule has 2 heterocycles. The number of aliphatic hydroxyl groups is 1. The van der Waals surface area contributed by atoms with E-state index in [4.69, 9.17) is 16.3 Å². The predicted molar refractivity (Wildman–Crippen MR) is 165 cm³/mol. The van der Waals surface area contributed by atoms with Gasteiger partial charge in [0, 0.05) is 29.1 Å². The molecule has 41 heavy (non-hydrogen) atoms. The van der Waals surface area contributed by atoms with Crippen molar-refractivity contribution in [2.75, 3.05) is 24.6 Å². The molecule has 6 atom stereocenters. The zero-order chi connectivity index (χ0) is 28.7. The fourth-order valence-electron chi connectivity index (χ4n) is 7.34. The maximum Gasteiger partial charge on any atom is 0.263 e. The van der Waals surface area contributed by atoms with Crippen LogP contribution in [0.3, 0.4) is 0 Å². The summed E-state index contributed by atoms with van der Waals surface area (Å²) in [7, 11) is -1.54. The number of benzene rings is 2. The molecular weight excluding hydrogens is 556 g/mol. The number of carbonyl (C=O) groups excluding carboxylic acids is 1. The Morgan fingerprint density at radius 2 is 1.98 bits per heavy atom. The summed E-state index contributed by atoms with van der Waals surface area (Å²) in [4.78, 5) is 15.8. The molecule has 0 aromatic heterocycles. The van der Waals surface area contributed by atoms with Crippen LogP contribution in [0.15, 0.2) is 48.6 Å². The van der Waals surface area contributed by atoms with Crippen LogP contribution in [0, 0.1) is 17.8 Å². The van der Waals surface area contributed by atoms with E-state index in [1.54, 1.807) is 6.07 Å². The Kier molecular flexibility index (Phi) is 8.23. The van der Waals surface area contributed by atoms with Gasteiger partial charge < -0.3 is 14.7 Å². The second-order valence-corrected chi connectivity index (χ2v) is 14.7.